The lowest BCUT2D eigenvalue weighted by atomic mass is 9.97. The van der Waals surface area contributed by atoms with Crippen molar-refractivity contribution < 1.29 is 31.5 Å². The first-order valence-electron chi connectivity index (χ1n) is 11.4. The van der Waals surface area contributed by atoms with Gasteiger partial charge < -0.3 is 14.8 Å². The van der Waals surface area contributed by atoms with Gasteiger partial charge in [-0.25, -0.2) is 17.2 Å². The molecule has 184 valence electrons. The van der Waals surface area contributed by atoms with E-state index in [0.29, 0.717) is 36.1 Å². The molecule has 2 aromatic carbocycles. The maximum absolute atomic E-state index is 13.5. The van der Waals surface area contributed by atoms with Gasteiger partial charge in [0, 0.05) is 30.8 Å². The van der Waals surface area contributed by atoms with Gasteiger partial charge in [-0.15, -0.1) is 0 Å². The van der Waals surface area contributed by atoms with Crippen LogP contribution >= 0.6 is 0 Å². The van der Waals surface area contributed by atoms with E-state index in [0.717, 1.165) is 37.8 Å². The molecule has 4 rings (SSSR count). The minimum atomic E-state index is -3.97. The topological polar surface area (TPSA) is 84.9 Å². The van der Waals surface area contributed by atoms with Crippen LogP contribution in [0.3, 0.4) is 0 Å². The Hall–Kier alpha value is -2.72. The van der Waals surface area contributed by atoms with Gasteiger partial charge in [0.25, 0.3) is 0 Å². The first kappa shape index (κ1) is 24.4. The Balaban J connectivity index is 1.37. The third kappa shape index (κ3) is 5.33. The van der Waals surface area contributed by atoms with Crippen LogP contribution in [0.25, 0.3) is 0 Å². The predicted molar refractivity (Wildman–Crippen MR) is 122 cm³/mol. The molecule has 2 fully saturated rings. The molecule has 34 heavy (non-hydrogen) atoms. The normalized spacial score (nSPS) is 18.1. The molecule has 2 aromatic rings. The van der Waals surface area contributed by atoms with E-state index in [1.54, 1.807) is 25.3 Å². The van der Waals surface area contributed by atoms with E-state index >= 15 is 0 Å². The Kier molecular flexibility index (Phi) is 7.37. The average Bonchev–Trinajstić information content (AvgIpc) is 3.34. The lowest BCUT2D eigenvalue weighted by molar-refractivity contribution is -0.120. The number of nitrogens with one attached hydrogen (secondary N) is 1. The molecule has 0 aromatic heterocycles. The quantitative estimate of drug-likeness (QED) is 0.619. The van der Waals surface area contributed by atoms with Crippen molar-refractivity contribution in [1.82, 2.24) is 4.31 Å². The van der Waals surface area contributed by atoms with Gasteiger partial charge in [0.1, 0.15) is 0 Å². The number of benzene rings is 2. The van der Waals surface area contributed by atoms with Crippen molar-refractivity contribution in [2.24, 2.45) is 5.92 Å². The summed E-state index contributed by atoms with van der Waals surface area (Å²) in [5.41, 5.74) is 0.579. The highest BCUT2D eigenvalue weighted by Crippen LogP contribution is 2.34. The molecule has 10 heteroatoms. The number of hydrogen-bond acceptors (Lipinski definition) is 5. The minimum Gasteiger partial charge on any atom is -0.493 e. The molecular weight excluding hydrogens is 466 g/mol. The monoisotopic (exact) mass is 494 g/mol. The van der Waals surface area contributed by atoms with Crippen LogP contribution < -0.4 is 14.8 Å². The van der Waals surface area contributed by atoms with Crippen molar-refractivity contribution in [3.63, 3.8) is 0 Å². The van der Waals surface area contributed by atoms with E-state index in [4.69, 9.17) is 9.47 Å². The fourth-order valence-electron chi connectivity index (χ4n) is 4.42. The number of rotatable bonds is 7. The summed E-state index contributed by atoms with van der Waals surface area (Å²) in [7, 11) is -2.40. The fourth-order valence-corrected chi connectivity index (χ4v) is 5.90. The Labute approximate surface area is 198 Å². The van der Waals surface area contributed by atoms with E-state index in [1.165, 1.54) is 4.31 Å². The highest BCUT2D eigenvalue weighted by Gasteiger charge is 2.32. The Morgan fingerprint density at radius 3 is 2.32 bits per heavy atom. The van der Waals surface area contributed by atoms with Crippen LogP contribution in [0.2, 0.25) is 0 Å². The fraction of sp³-hybridized carbons (Fsp3) is 0.458. The second kappa shape index (κ2) is 10.3. The van der Waals surface area contributed by atoms with Crippen molar-refractivity contribution >= 4 is 21.6 Å². The summed E-state index contributed by atoms with van der Waals surface area (Å²) in [6.07, 6.45) is 5.02. The number of amides is 1. The van der Waals surface area contributed by atoms with E-state index in [1.807, 2.05) is 0 Å². The van der Waals surface area contributed by atoms with Crippen molar-refractivity contribution in [1.29, 1.82) is 0 Å². The van der Waals surface area contributed by atoms with Gasteiger partial charge in [0.15, 0.2) is 23.1 Å². The Morgan fingerprint density at radius 1 is 0.971 bits per heavy atom. The van der Waals surface area contributed by atoms with Crippen LogP contribution in [0.1, 0.15) is 38.5 Å². The molecule has 7 nitrogen and oxygen atoms in total. The van der Waals surface area contributed by atoms with Crippen LogP contribution in [0, 0.1) is 17.6 Å². The summed E-state index contributed by atoms with van der Waals surface area (Å²) in [6, 6.07) is 7.75. The zero-order valence-corrected chi connectivity index (χ0v) is 19.7. The number of hydrogen-bond donors (Lipinski definition) is 1. The van der Waals surface area contributed by atoms with E-state index < -0.39 is 21.7 Å². The number of sulfonamides is 1. The molecule has 1 aliphatic carbocycles. The number of nitrogens with zero attached hydrogens (tertiary/aromatic N) is 1. The molecule has 2 aliphatic rings. The van der Waals surface area contributed by atoms with Gasteiger partial charge in [-0.3, -0.25) is 4.79 Å². The maximum atomic E-state index is 13.5. The third-order valence-corrected chi connectivity index (χ3v) is 8.28. The average molecular weight is 495 g/mol. The lowest BCUT2D eigenvalue weighted by Crippen LogP contribution is -2.41. The number of ether oxygens (including phenoxy) is 2. The van der Waals surface area contributed by atoms with E-state index in [-0.39, 0.29) is 35.9 Å². The number of piperidine rings is 1. The SMILES string of the molecule is COc1ccc(NC(=O)C2CCN(S(=O)(=O)c3ccc(F)c(F)c3)CC2)cc1OC1CCCC1. The van der Waals surface area contributed by atoms with Crippen LogP contribution in [0.15, 0.2) is 41.3 Å². The molecule has 0 atom stereocenters. The smallest absolute Gasteiger partial charge is 0.243 e. The molecular formula is C24H28F2N2O5S. The number of methoxy groups -OCH3 is 1. The van der Waals surface area contributed by atoms with Gasteiger partial charge in [0.2, 0.25) is 15.9 Å². The van der Waals surface area contributed by atoms with Crippen LogP contribution in [0.4, 0.5) is 14.5 Å². The molecule has 1 saturated heterocycles. The molecule has 1 N–H and O–H groups in total. The van der Waals surface area contributed by atoms with Crippen LogP contribution in [0.5, 0.6) is 11.5 Å². The van der Waals surface area contributed by atoms with Crippen molar-refractivity contribution in [3.8, 4) is 11.5 Å². The molecule has 0 radical (unpaired) electrons. The van der Waals surface area contributed by atoms with Crippen molar-refractivity contribution in [2.75, 3.05) is 25.5 Å². The van der Waals surface area contributed by atoms with E-state index in [2.05, 4.69) is 5.32 Å². The third-order valence-electron chi connectivity index (χ3n) is 6.38. The van der Waals surface area contributed by atoms with Gasteiger partial charge in [0.05, 0.1) is 18.1 Å². The summed E-state index contributed by atoms with van der Waals surface area (Å²) in [5, 5.41) is 2.89. The summed E-state index contributed by atoms with van der Waals surface area (Å²) >= 11 is 0. The number of carbonyl (C=O) groups is 1. The van der Waals surface area contributed by atoms with Crippen molar-refractivity contribution in [3.05, 3.63) is 48.0 Å². The van der Waals surface area contributed by atoms with Gasteiger partial charge in [-0.1, -0.05) is 0 Å². The highest BCUT2D eigenvalue weighted by atomic mass is 32.2. The van der Waals surface area contributed by atoms with Gasteiger partial charge in [-0.2, -0.15) is 4.31 Å². The summed E-state index contributed by atoms with van der Waals surface area (Å²) in [6.45, 7) is 0.218. The first-order valence-corrected chi connectivity index (χ1v) is 12.8. The molecule has 1 aliphatic heterocycles. The molecule has 0 unspecified atom stereocenters. The largest absolute Gasteiger partial charge is 0.493 e. The number of carbonyl (C=O) groups excluding carboxylic acids is 1. The van der Waals surface area contributed by atoms with Crippen LogP contribution in [-0.2, 0) is 14.8 Å². The van der Waals surface area contributed by atoms with Gasteiger partial charge in [-0.05, 0) is 68.9 Å². The predicted octanol–water partition coefficient (Wildman–Crippen LogP) is 4.33. The van der Waals surface area contributed by atoms with Crippen LogP contribution in [-0.4, -0.2) is 44.9 Å². The second-order valence-electron chi connectivity index (χ2n) is 8.63. The molecule has 1 amide bonds. The summed E-state index contributed by atoms with van der Waals surface area (Å²) < 4.78 is 64.9. The van der Waals surface area contributed by atoms with Crippen molar-refractivity contribution in [2.45, 2.75) is 49.5 Å². The zero-order valence-electron chi connectivity index (χ0n) is 18.9. The van der Waals surface area contributed by atoms with E-state index in [9.17, 15) is 22.0 Å². The molecule has 0 bridgehead atoms. The first-order chi connectivity index (χ1) is 16.3. The Bertz CT molecular complexity index is 1140. The molecule has 1 heterocycles. The highest BCUT2D eigenvalue weighted by molar-refractivity contribution is 7.89. The number of anilines is 1. The molecule has 1 saturated carbocycles. The van der Waals surface area contributed by atoms with Gasteiger partial charge >= 0.3 is 0 Å². The standard InChI is InChI=1S/C24H28F2N2O5S/c1-32-22-9-6-17(14-23(22)33-18-4-2-3-5-18)27-24(29)16-10-12-28(13-11-16)34(30,31)19-7-8-20(25)21(26)15-19/h6-9,14-16,18H,2-5,10-13H2,1H3,(H,27,29). The maximum Gasteiger partial charge on any atom is 0.243 e. The second-order valence-corrected chi connectivity index (χ2v) is 10.6. The minimum absolute atomic E-state index is 0.109. The lowest BCUT2D eigenvalue weighted by Gasteiger charge is -2.30. The summed E-state index contributed by atoms with van der Waals surface area (Å²) in [5.74, 6) is -1.73. The number of halogens is 2. The summed E-state index contributed by atoms with van der Waals surface area (Å²) in [4.78, 5) is 12.5. The molecule has 0 spiro atoms. The Morgan fingerprint density at radius 2 is 1.68 bits per heavy atom. The zero-order chi connectivity index (χ0) is 24.3.